The van der Waals surface area contributed by atoms with Crippen molar-refractivity contribution in [1.29, 1.82) is 0 Å². The minimum Gasteiger partial charge on any atom is -0.497 e. The Kier molecular flexibility index (Phi) is 5.16. The second-order valence-electron chi connectivity index (χ2n) is 8.24. The highest BCUT2D eigenvalue weighted by molar-refractivity contribution is 6.05. The molecule has 2 aromatic heterocycles. The lowest BCUT2D eigenvalue weighted by Gasteiger charge is -2.40. The molecule has 0 radical (unpaired) electrons. The predicted molar refractivity (Wildman–Crippen MR) is 118 cm³/mol. The van der Waals surface area contributed by atoms with Crippen LogP contribution in [0.2, 0.25) is 0 Å². The molecule has 166 valence electrons. The summed E-state index contributed by atoms with van der Waals surface area (Å²) in [4.78, 5) is 27.9. The van der Waals surface area contributed by atoms with E-state index in [-0.39, 0.29) is 23.8 Å². The van der Waals surface area contributed by atoms with Crippen LogP contribution in [0, 0.1) is 5.92 Å². The Morgan fingerprint density at radius 3 is 2.91 bits per heavy atom. The fraction of sp³-hybridized carbons (Fsp3) is 0.391. The average molecular weight is 435 g/mol. The molecule has 0 aliphatic carbocycles. The fourth-order valence-corrected chi connectivity index (χ4v) is 4.79. The van der Waals surface area contributed by atoms with Crippen molar-refractivity contribution in [3.63, 3.8) is 0 Å². The van der Waals surface area contributed by atoms with Crippen LogP contribution in [0.3, 0.4) is 0 Å². The van der Waals surface area contributed by atoms with Crippen LogP contribution in [-0.2, 0) is 11.3 Å². The fourth-order valence-electron chi connectivity index (χ4n) is 4.79. The van der Waals surface area contributed by atoms with Crippen molar-refractivity contribution in [2.24, 2.45) is 16.3 Å². The molecule has 0 spiro atoms. The smallest absolute Gasteiger partial charge is 0.357 e. The number of H-pyrrole nitrogens is 1. The minimum atomic E-state index is -0.472. The highest BCUT2D eigenvalue weighted by Gasteiger charge is 2.34. The first-order valence-electron chi connectivity index (χ1n) is 10.8. The number of fused-ring (bicyclic) bond motifs is 5. The van der Waals surface area contributed by atoms with E-state index < -0.39 is 5.97 Å². The molecule has 3 aromatic rings. The molecule has 0 saturated carbocycles. The van der Waals surface area contributed by atoms with Crippen LogP contribution < -0.4 is 10.3 Å². The SMILES string of the molecule is CCOC(=O)c1[nH]c2ccc(OC)cc2c1N=NN1CC2CC(C1)c1cccc(=O)n1C2. The summed E-state index contributed by atoms with van der Waals surface area (Å²) < 4.78 is 12.4. The number of nitrogens with one attached hydrogen (secondary N) is 1. The Morgan fingerprint density at radius 1 is 1.22 bits per heavy atom. The number of methoxy groups -OCH3 is 1. The van der Waals surface area contributed by atoms with Crippen molar-refractivity contribution in [2.45, 2.75) is 25.8 Å². The number of nitrogens with zero attached hydrogens (tertiary/aromatic N) is 4. The van der Waals surface area contributed by atoms with Gasteiger partial charge in [-0.05, 0) is 43.5 Å². The molecule has 5 rings (SSSR count). The Bertz CT molecular complexity index is 1260. The van der Waals surface area contributed by atoms with Crippen LogP contribution in [0.25, 0.3) is 10.9 Å². The minimum absolute atomic E-state index is 0.0547. The van der Waals surface area contributed by atoms with Crippen LogP contribution in [0.4, 0.5) is 5.69 Å². The number of carbonyl (C=O) groups is 1. The number of aromatic nitrogens is 2. The zero-order chi connectivity index (χ0) is 22.2. The number of aromatic amines is 1. The van der Waals surface area contributed by atoms with E-state index in [2.05, 4.69) is 15.3 Å². The summed E-state index contributed by atoms with van der Waals surface area (Å²) in [7, 11) is 1.59. The van der Waals surface area contributed by atoms with Gasteiger partial charge in [0.25, 0.3) is 5.56 Å². The summed E-state index contributed by atoms with van der Waals surface area (Å²) >= 11 is 0. The molecule has 2 aliphatic rings. The molecule has 9 nitrogen and oxygen atoms in total. The van der Waals surface area contributed by atoms with E-state index in [0.29, 0.717) is 37.0 Å². The first-order chi connectivity index (χ1) is 15.6. The van der Waals surface area contributed by atoms with Gasteiger partial charge in [0.1, 0.15) is 11.4 Å². The van der Waals surface area contributed by atoms with Gasteiger partial charge < -0.3 is 19.0 Å². The third-order valence-electron chi connectivity index (χ3n) is 6.19. The number of rotatable bonds is 5. The summed E-state index contributed by atoms with van der Waals surface area (Å²) in [5.41, 5.74) is 2.57. The van der Waals surface area contributed by atoms with Crippen molar-refractivity contribution in [3.05, 3.63) is 58.1 Å². The lowest BCUT2D eigenvalue weighted by atomic mass is 9.84. The molecule has 1 N–H and O–H groups in total. The maximum atomic E-state index is 12.5. The summed E-state index contributed by atoms with van der Waals surface area (Å²) in [6.07, 6.45) is 1.04. The van der Waals surface area contributed by atoms with Gasteiger partial charge in [0.2, 0.25) is 0 Å². The quantitative estimate of drug-likeness (QED) is 0.487. The number of ether oxygens (including phenoxy) is 2. The first kappa shape index (κ1) is 20.3. The number of hydrogen-bond donors (Lipinski definition) is 1. The van der Waals surface area contributed by atoms with Crippen molar-refractivity contribution >= 4 is 22.6 Å². The van der Waals surface area contributed by atoms with Crippen LogP contribution in [0.1, 0.15) is 35.4 Å². The van der Waals surface area contributed by atoms with E-state index in [1.165, 1.54) is 0 Å². The van der Waals surface area contributed by atoms with Gasteiger partial charge in [-0.25, -0.2) is 4.79 Å². The van der Waals surface area contributed by atoms with Gasteiger partial charge in [-0.1, -0.05) is 11.3 Å². The van der Waals surface area contributed by atoms with Gasteiger partial charge in [-0.15, -0.1) is 5.11 Å². The van der Waals surface area contributed by atoms with Crippen molar-refractivity contribution in [1.82, 2.24) is 14.6 Å². The van der Waals surface area contributed by atoms with Crippen molar-refractivity contribution in [3.8, 4) is 5.75 Å². The number of piperidine rings is 1. The third kappa shape index (κ3) is 3.53. The van der Waals surface area contributed by atoms with Gasteiger partial charge >= 0.3 is 5.97 Å². The molecular weight excluding hydrogens is 410 g/mol. The Hall–Kier alpha value is -3.62. The Balaban J connectivity index is 1.48. The topological polar surface area (TPSA) is 101 Å². The highest BCUT2D eigenvalue weighted by Crippen LogP contribution is 2.37. The molecule has 4 heterocycles. The van der Waals surface area contributed by atoms with Gasteiger partial charge in [-0.3, -0.25) is 9.80 Å². The van der Waals surface area contributed by atoms with E-state index in [4.69, 9.17) is 9.47 Å². The highest BCUT2D eigenvalue weighted by atomic mass is 16.5. The van der Waals surface area contributed by atoms with Crippen molar-refractivity contribution < 1.29 is 14.3 Å². The molecule has 2 atom stereocenters. The number of hydrogen-bond acceptors (Lipinski definition) is 6. The summed E-state index contributed by atoms with van der Waals surface area (Å²) in [5, 5.41) is 11.7. The van der Waals surface area contributed by atoms with E-state index in [1.54, 1.807) is 20.1 Å². The van der Waals surface area contributed by atoms with Gasteiger partial charge in [0.15, 0.2) is 5.69 Å². The molecule has 9 heteroatoms. The summed E-state index contributed by atoms with van der Waals surface area (Å²) in [5.74, 6) is 0.745. The predicted octanol–water partition coefficient (Wildman–Crippen LogP) is 3.63. The molecule has 2 aliphatic heterocycles. The Labute approximate surface area is 184 Å². The lowest BCUT2D eigenvalue weighted by molar-refractivity contribution is 0.0521. The summed E-state index contributed by atoms with van der Waals surface area (Å²) in [6, 6.07) is 10.9. The monoisotopic (exact) mass is 435 g/mol. The molecule has 1 fully saturated rings. The molecule has 2 bridgehead atoms. The van der Waals surface area contributed by atoms with Crippen LogP contribution in [0.15, 0.2) is 51.5 Å². The number of pyridine rings is 1. The second-order valence-corrected chi connectivity index (χ2v) is 8.24. The Morgan fingerprint density at radius 2 is 2.09 bits per heavy atom. The second kappa shape index (κ2) is 8.14. The molecule has 0 amide bonds. The number of benzene rings is 1. The average Bonchev–Trinajstić information content (AvgIpc) is 3.16. The summed E-state index contributed by atoms with van der Waals surface area (Å²) in [6.45, 7) is 4.10. The molecule has 1 saturated heterocycles. The zero-order valence-electron chi connectivity index (χ0n) is 18.1. The maximum absolute atomic E-state index is 12.5. The van der Waals surface area contributed by atoms with Crippen LogP contribution in [-0.4, -0.2) is 47.3 Å². The molecule has 2 unspecified atom stereocenters. The third-order valence-corrected chi connectivity index (χ3v) is 6.19. The maximum Gasteiger partial charge on any atom is 0.357 e. The largest absolute Gasteiger partial charge is 0.497 e. The first-order valence-corrected chi connectivity index (χ1v) is 10.8. The van der Waals surface area contributed by atoms with Gasteiger partial charge in [-0.2, -0.15) is 0 Å². The van der Waals surface area contributed by atoms with Crippen LogP contribution >= 0.6 is 0 Å². The van der Waals surface area contributed by atoms with E-state index in [0.717, 1.165) is 23.0 Å². The van der Waals surface area contributed by atoms with Gasteiger partial charge in [0, 0.05) is 48.2 Å². The van der Waals surface area contributed by atoms with E-state index in [9.17, 15) is 9.59 Å². The standard InChI is InChI=1S/C23H25N5O4/c1-3-32-23(30)22-21(17-10-16(31-2)7-8-18(17)24-22)25-26-27-11-14-9-15(13-27)19-5-4-6-20(29)28(19)12-14/h4-8,10,14-15,24H,3,9,11-13H2,1-2H3. The zero-order valence-corrected chi connectivity index (χ0v) is 18.1. The molecule has 1 aromatic carbocycles. The van der Waals surface area contributed by atoms with Gasteiger partial charge in [0.05, 0.1) is 13.7 Å². The molecular formula is C23H25N5O4. The van der Waals surface area contributed by atoms with E-state index >= 15 is 0 Å². The number of esters is 1. The molecule has 32 heavy (non-hydrogen) atoms. The van der Waals surface area contributed by atoms with Crippen molar-refractivity contribution in [2.75, 3.05) is 26.8 Å². The lowest BCUT2D eigenvalue weighted by Crippen LogP contribution is -2.45. The number of carbonyl (C=O) groups excluding carboxylic acids is 1. The van der Waals surface area contributed by atoms with Crippen LogP contribution in [0.5, 0.6) is 5.75 Å². The normalized spacial score (nSPS) is 19.9. The van der Waals surface area contributed by atoms with E-state index in [1.807, 2.05) is 39.9 Å².